The van der Waals surface area contributed by atoms with Crippen molar-refractivity contribution >= 4 is 11.8 Å². The van der Waals surface area contributed by atoms with Crippen molar-refractivity contribution in [2.24, 2.45) is 0 Å². The number of benzene rings is 3. The SMILES string of the molecule is CCCCCc1ccc(C#Cc2ccc(-c3cc(F)c(SC#N)c(F)c3)c(F)c2)cc1. The largest absolute Gasteiger partial charge is 0.206 e. The van der Waals surface area contributed by atoms with Gasteiger partial charge in [-0.15, -0.1) is 0 Å². The van der Waals surface area contributed by atoms with Crippen LogP contribution in [0.15, 0.2) is 59.5 Å². The number of thiocyanates is 1. The molecule has 0 saturated heterocycles. The predicted molar refractivity (Wildman–Crippen MR) is 119 cm³/mol. The molecule has 3 rings (SSSR count). The molecule has 0 spiro atoms. The fourth-order valence-electron chi connectivity index (χ4n) is 3.16. The zero-order chi connectivity index (χ0) is 22.2. The van der Waals surface area contributed by atoms with Gasteiger partial charge >= 0.3 is 0 Å². The van der Waals surface area contributed by atoms with E-state index in [1.807, 2.05) is 12.1 Å². The Morgan fingerprint density at radius 1 is 0.806 bits per heavy atom. The molecule has 0 saturated carbocycles. The molecule has 31 heavy (non-hydrogen) atoms. The predicted octanol–water partition coefficient (Wildman–Crippen LogP) is 7.48. The van der Waals surface area contributed by atoms with E-state index in [0.717, 1.165) is 24.1 Å². The minimum atomic E-state index is -0.900. The third-order valence-corrected chi connectivity index (χ3v) is 5.49. The third kappa shape index (κ3) is 5.94. The summed E-state index contributed by atoms with van der Waals surface area (Å²) in [5.41, 5.74) is 2.69. The molecule has 0 heterocycles. The van der Waals surface area contributed by atoms with Gasteiger partial charge in [-0.2, -0.15) is 5.26 Å². The Morgan fingerprint density at radius 2 is 1.45 bits per heavy atom. The summed E-state index contributed by atoms with van der Waals surface area (Å²) in [7, 11) is 0. The standard InChI is InChI=1S/C26H20F3NS/c1-2-3-4-5-18-6-8-19(9-7-18)10-11-20-12-13-22(23(27)14-20)21-15-24(28)26(31-17-30)25(29)16-21/h6-9,12-16H,2-5H2,1H3. The lowest BCUT2D eigenvalue weighted by Gasteiger charge is -2.07. The third-order valence-electron chi connectivity index (χ3n) is 4.80. The lowest BCUT2D eigenvalue weighted by Crippen LogP contribution is -1.92. The molecule has 0 atom stereocenters. The van der Waals surface area contributed by atoms with Crippen molar-refractivity contribution in [1.82, 2.24) is 0 Å². The van der Waals surface area contributed by atoms with Gasteiger partial charge in [-0.25, -0.2) is 13.2 Å². The lowest BCUT2D eigenvalue weighted by atomic mass is 10.0. The van der Waals surface area contributed by atoms with E-state index in [4.69, 9.17) is 5.26 Å². The highest BCUT2D eigenvalue weighted by Crippen LogP contribution is 2.31. The summed E-state index contributed by atoms with van der Waals surface area (Å²) in [6, 6.07) is 14.4. The maximum atomic E-state index is 14.6. The molecule has 0 unspecified atom stereocenters. The number of thioether (sulfide) groups is 1. The highest BCUT2D eigenvalue weighted by Gasteiger charge is 2.15. The number of nitriles is 1. The fraction of sp³-hybridized carbons (Fsp3) is 0.192. The Hall–Kier alpha value is -3.15. The van der Waals surface area contributed by atoms with Gasteiger partial charge in [0.15, 0.2) is 0 Å². The van der Waals surface area contributed by atoms with Crippen molar-refractivity contribution in [3.05, 3.63) is 88.7 Å². The van der Waals surface area contributed by atoms with Crippen LogP contribution in [0.25, 0.3) is 11.1 Å². The van der Waals surface area contributed by atoms with Crippen LogP contribution in [0.1, 0.15) is 42.9 Å². The van der Waals surface area contributed by atoms with Crippen LogP contribution >= 0.6 is 11.8 Å². The molecule has 0 aliphatic rings. The van der Waals surface area contributed by atoms with Crippen molar-refractivity contribution in [1.29, 1.82) is 5.26 Å². The molecule has 0 bridgehead atoms. The summed E-state index contributed by atoms with van der Waals surface area (Å²) in [5, 5.41) is 10.3. The van der Waals surface area contributed by atoms with Gasteiger partial charge in [0.25, 0.3) is 0 Å². The van der Waals surface area contributed by atoms with E-state index >= 15 is 0 Å². The molecular formula is C26H20F3NS. The quantitative estimate of drug-likeness (QED) is 0.173. The van der Waals surface area contributed by atoms with E-state index < -0.39 is 22.3 Å². The Morgan fingerprint density at radius 3 is 2.06 bits per heavy atom. The molecular weight excluding hydrogens is 415 g/mol. The topological polar surface area (TPSA) is 23.8 Å². The zero-order valence-electron chi connectivity index (χ0n) is 17.0. The first kappa shape index (κ1) is 22.5. The summed E-state index contributed by atoms with van der Waals surface area (Å²) < 4.78 is 42.7. The van der Waals surface area contributed by atoms with Crippen molar-refractivity contribution in [3.8, 4) is 28.4 Å². The van der Waals surface area contributed by atoms with Crippen LogP contribution in [0.5, 0.6) is 0 Å². The van der Waals surface area contributed by atoms with E-state index in [2.05, 4.69) is 30.9 Å². The van der Waals surface area contributed by atoms with Gasteiger partial charge in [-0.3, -0.25) is 0 Å². The molecule has 0 aliphatic carbocycles. The molecule has 0 aliphatic heterocycles. The van der Waals surface area contributed by atoms with Gasteiger partial charge in [0, 0.05) is 16.7 Å². The van der Waals surface area contributed by atoms with Gasteiger partial charge in [-0.1, -0.05) is 49.8 Å². The lowest BCUT2D eigenvalue weighted by molar-refractivity contribution is 0.541. The molecule has 3 aromatic rings. The molecule has 0 radical (unpaired) electrons. The molecule has 0 aromatic heterocycles. The molecule has 3 aromatic carbocycles. The van der Waals surface area contributed by atoms with Crippen LogP contribution in [-0.2, 0) is 6.42 Å². The summed E-state index contributed by atoms with van der Waals surface area (Å²) in [6.45, 7) is 2.18. The second-order valence-corrected chi connectivity index (χ2v) is 7.86. The minimum Gasteiger partial charge on any atom is -0.206 e. The van der Waals surface area contributed by atoms with Crippen molar-refractivity contribution < 1.29 is 13.2 Å². The monoisotopic (exact) mass is 435 g/mol. The summed E-state index contributed by atoms with van der Waals surface area (Å²) in [4.78, 5) is -0.398. The molecule has 1 nitrogen and oxygen atoms in total. The second-order valence-electron chi connectivity index (χ2n) is 7.06. The van der Waals surface area contributed by atoms with E-state index in [-0.39, 0.29) is 11.1 Å². The van der Waals surface area contributed by atoms with Gasteiger partial charge in [0.05, 0.1) is 4.90 Å². The molecule has 0 fully saturated rings. The number of hydrogen-bond acceptors (Lipinski definition) is 2. The first-order chi connectivity index (χ1) is 15.0. The van der Waals surface area contributed by atoms with Crippen LogP contribution in [0.2, 0.25) is 0 Å². The molecule has 0 N–H and O–H groups in total. The fourth-order valence-corrected chi connectivity index (χ4v) is 3.57. The Bertz CT molecular complexity index is 1140. The maximum Gasteiger partial charge on any atom is 0.141 e. The van der Waals surface area contributed by atoms with Gasteiger partial charge < -0.3 is 0 Å². The van der Waals surface area contributed by atoms with Crippen LogP contribution in [0.3, 0.4) is 0 Å². The summed E-state index contributed by atoms with van der Waals surface area (Å²) in [5.74, 6) is 3.51. The van der Waals surface area contributed by atoms with Gasteiger partial charge in [0.1, 0.15) is 22.9 Å². The van der Waals surface area contributed by atoms with Gasteiger partial charge in [0.2, 0.25) is 0 Å². The minimum absolute atomic E-state index is 0.0629. The first-order valence-corrected chi connectivity index (χ1v) is 10.8. The molecule has 5 heteroatoms. The van der Waals surface area contributed by atoms with E-state index in [1.165, 1.54) is 37.0 Å². The zero-order valence-corrected chi connectivity index (χ0v) is 17.8. The number of hydrogen-bond donors (Lipinski definition) is 0. The average Bonchev–Trinajstić information content (AvgIpc) is 2.76. The number of unbranched alkanes of at least 4 members (excludes halogenated alkanes) is 2. The van der Waals surface area contributed by atoms with Crippen LogP contribution in [-0.4, -0.2) is 0 Å². The van der Waals surface area contributed by atoms with E-state index in [1.54, 1.807) is 11.5 Å². The second kappa shape index (κ2) is 10.8. The Labute approximate surface area is 184 Å². The van der Waals surface area contributed by atoms with Gasteiger partial charge in [-0.05, 0) is 72.1 Å². The van der Waals surface area contributed by atoms with Crippen LogP contribution in [0, 0.1) is 40.0 Å². The normalized spacial score (nSPS) is 10.3. The number of rotatable bonds is 6. The number of nitrogens with zero attached hydrogens (tertiary/aromatic N) is 1. The highest BCUT2D eigenvalue weighted by atomic mass is 32.2. The number of aryl methyl sites for hydroxylation is 1. The van der Waals surface area contributed by atoms with E-state index in [0.29, 0.717) is 17.3 Å². The van der Waals surface area contributed by atoms with Crippen molar-refractivity contribution in [3.63, 3.8) is 0 Å². The van der Waals surface area contributed by atoms with Crippen LogP contribution in [0.4, 0.5) is 13.2 Å². The summed E-state index contributed by atoms with van der Waals surface area (Å²) in [6.07, 6.45) is 4.62. The van der Waals surface area contributed by atoms with Crippen molar-refractivity contribution in [2.75, 3.05) is 0 Å². The first-order valence-electron chi connectivity index (χ1n) is 9.97. The molecule has 156 valence electrons. The smallest absolute Gasteiger partial charge is 0.141 e. The Kier molecular flexibility index (Phi) is 7.82. The molecule has 0 amide bonds. The van der Waals surface area contributed by atoms with Crippen molar-refractivity contribution in [2.45, 2.75) is 37.5 Å². The highest BCUT2D eigenvalue weighted by molar-refractivity contribution is 8.03. The van der Waals surface area contributed by atoms with Crippen LogP contribution < -0.4 is 0 Å². The maximum absolute atomic E-state index is 14.6. The Balaban J connectivity index is 1.77. The average molecular weight is 436 g/mol. The summed E-state index contributed by atoms with van der Waals surface area (Å²) >= 11 is 0.393. The van der Waals surface area contributed by atoms with E-state index in [9.17, 15) is 13.2 Å². The number of halogens is 3.